The van der Waals surface area contributed by atoms with Gasteiger partial charge in [0.25, 0.3) is 11.8 Å². The fraction of sp³-hybridized carbons (Fsp3) is 0.0345. The van der Waals surface area contributed by atoms with Crippen LogP contribution in [0.3, 0.4) is 0 Å². The largest absolute Gasteiger partial charge is 0.290 e. The lowest BCUT2D eigenvalue weighted by Crippen LogP contribution is -2.30. The molecular weight excluding hydrogens is 539 g/mol. The molecule has 0 fully saturated rings. The normalized spacial score (nSPS) is 10.6. The van der Waals surface area contributed by atoms with Crippen molar-refractivity contribution in [1.82, 2.24) is 10.9 Å². The SMILES string of the molecule is NNC(=O)c1cccc(C(=O)c2ccc(Cc3ccc(C(=O)c4cccc(C(=O)NN)c4Cl)cc3)cc2)c1Cl. The topological polar surface area (TPSA) is 144 Å². The number of hydrazine groups is 2. The average molecular weight is 561 g/mol. The van der Waals surface area contributed by atoms with Crippen molar-refractivity contribution in [1.29, 1.82) is 0 Å². The van der Waals surface area contributed by atoms with Crippen LogP contribution >= 0.6 is 23.2 Å². The highest BCUT2D eigenvalue weighted by atomic mass is 35.5. The molecule has 0 aliphatic carbocycles. The number of rotatable bonds is 8. The van der Waals surface area contributed by atoms with E-state index >= 15 is 0 Å². The van der Waals surface area contributed by atoms with Crippen LogP contribution in [0.4, 0.5) is 0 Å². The van der Waals surface area contributed by atoms with E-state index in [0.29, 0.717) is 17.5 Å². The number of hydrogen-bond donors (Lipinski definition) is 4. The molecule has 0 aliphatic heterocycles. The zero-order valence-electron chi connectivity index (χ0n) is 20.3. The van der Waals surface area contributed by atoms with Crippen LogP contribution in [0.25, 0.3) is 0 Å². The maximum Gasteiger partial charge on any atom is 0.266 e. The highest BCUT2D eigenvalue weighted by molar-refractivity contribution is 6.38. The summed E-state index contributed by atoms with van der Waals surface area (Å²) in [5, 5.41) is 0.0552. The van der Waals surface area contributed by atoms with E-state index in [2.05, 4.69) is 0 Å². The predicted molar refractivity (Wildman–Crippen MR) is 149 cm³/mol. The molecule has 10 heteroatoms. The summed E-state index contributed by atoms with van der Waals surface area (Å²) < 4.78 is 0. The Morgan fingerprint density at radius 1 is 0.538 bits per heavy atom. The van der Waals surface area contributed by atoms with Gasteiger partial charge >= 0.3 is 0 Å². The maximum absolute atomic E-state index is 13.0. The smallest absolute Gasteiger partial charge is 0.266 e. The number of nitrogen functional groups attached to an aromatic ring is 2. The van der Waals surface area contributed by atoms with Crippen LogP contribution in [0, 0.1) is 0 Å². The molecule has 0 spiro atoms. The highest BCUT2D eigenvalue weighted by Crippen LogP contribution is 2.26. The van der Waals surface area contributed by atoms with Crippen molar-refractivity contribution in [2.45, 2.75) is 6.42 Å². The molecule has 4 rings (SSSR count). The second kappa shape index (κ2) is 12.0. The van der Waals surface area contributed by atoms with Gasteiger partial charge in [-0.2, -0.15) is 0 Å². The predicted octanol–water partition coefficient (Wildman–Crippen LogP) is 4.25. The van der Waals surface area contributed by atoms with Gasteiger partial charge in [-0.15, -0.1) is 0 Å². The Kier molecular flexibility index (Phi) is 8.53. The molecule has 0 radical (unpaired) electrons. The van der Waals surface area contributed by atoms with Crippen molar-refractivity contribution >= 4 is 46.6 Å². The number of hydrogen-bond acceptors (Lipinski definition) is 6. The minimum atomic E-state index is -0.590. The molecule has 0 bridgehead atoms. The van der Waals surface area contributed by atoms with E-state index < -0.39 is 11.8 Å². The molecule has 8 nitrogen and oxygen atoms in total. The van der Waals surface area contributed by atoms with Gasteiger partial charge in [-0.1, -0.05) is 83.9 Å². The number of nitrogens with one attached hydrogen (secondary N) is 2. The second-order valence-electron chi connectivity index (χ2n) is 8.51. The van der Waals surface area contributed by atoms with Crippen molar-refractivity contribution in [2.75, 3.05) is 0 Å². The lowest BCUT2D eigenvalue weighted by atomic mass is 9.96. The van der Waals surface area contributed by atoms with Crippen molar-refractivity contribution in [3.63, 3.8) is 0 Å². The summed E-state index contributed by atoms with van der Waals surface area (Å²) in [6, 6.07) is 23.2. The van der Waals surface area contributed by atoms with E-state index in [1.54, 1.807) is 48.5 Å². The van der Waals surface area contributed by atoms with E-state index in [4.69, 9.17) is 34.9 Å². The van der Waals surface area contributed by atoms with Crippen LogP contribution in [-0.4, -0.2) is 23.4 Å². The summed E-state index contributed by atoms with van der Waals surface area (Å²) in [4.78, 5) is 49.8. The monoisotopic (exact) mass is 560 g/mol. The highest BCUT2D eigenvalue weighted by Gasteiger charge is 2.20. The van der Waals surface area contributed by atoms with Gasteiger partial charge in [-0.3, -0.25) is 30.0 Å². The minimum absolute atomic E-state index is 0.0276. The molecule has 0 aromatic heterocycles. The van der Waals surface area contributed by atoms with E-state index in [9.17, 15) is 19.2 Å². The molecule has 0 atom stereocenters. The summed E-state index contributed by atoms with van der Waals surface area (Å²) in [6.07, 6.45) is 0.558. The van der Waals surface area contributed by atoms with Crippen LogP contribution in [0.2, 0.25) is 10.0 Å². The molecule has 0 unspecified atom stereocenters. The summed E-state index contributed by atoms with van der Waals surface area (Å²) in [7, 11) is 0. The number of halogens is 2. The quantitative estimate of drug-likeness (QED) is 0.110. The lowest BCUT2D eigenvalue weighted by molar-refractivity contribution is 0.0945. The second-order valence-corrected chi connectivity index (χ2v) is 9.27. The zero-order chi connectivity index (χ0) is 28.1. The Morgan fingerprint density at radius 3 is 1.21 bits per heavy atom. The fourth-order valence-electron chi connectivity index (χ4n) is 4.02. The van der Waals surface area contributed by atoms with Gasteiger partial charge in [0.05, 0.1) is 21.2 Å². The first kappa shape index (κ1) is 27.7. The van der Waals surface area contributed by atoms with Gasteiger partial charge < -0.3 is 0 Å². The average Bonchev–Trinajstić information content (AvgIpc) is 2.96. The Balaban J connectivity index is 1.48. The van der Waals surface area contributed by atoms with Crippen LogP contribution in [0.1, 0.15) is 63.7 Å². The van der Waals surface area contributed by atoms with Crippen molar-refractivity contribution < 1.29 is 19.2 Å². The third-order valence-corrected chi connectivity index (χ3v) is 6.89. The Labute approximate surface area is 233 Å². The molecule has 39 heavy (non-hydrogen) atoms. The van der Waals surface area contributed by atoms with E-state index in [0.717, 1.165) is 11.1 Å². The van der Waals surface area contributed by atoms with Gasteiger partial charge in [-0.25, -0.2) is 11.7 Å². The van der Waals surface area contributed by atoms with Crippen LogP contribution in [0.5, 0.6) is 0 Å². The van der Waals surface area contributed by atoms with Crippen molar-refractivity contribution in [3.05, 3.63) is 139 Å². The van der Waals surface area contributed by atoms with Gasteiger partial charge in [0.15, 0.2) is 11.6 Å². The fourth-order valence-corrected chi connectivity index (χ4v) is 4.61. The third-order valence-electron chi connectivity index (χ3n) is 6.08. The number of ketones is 2. The van der Waals surface area contributed by atoms with Crippen LogP contribution in [0.15, 0.2) is 84.9 Å². The first-order valence-electron chi connectivity index (χ1n) is 11.6. The third kappa shape index (κ3) is 5.89. The van der Waals surface area contributed by atoms with Gasteiger partial charge in [0.1, 0.15) is 0 Å². The number of benzene rings is 4. The minimum Gasteiger partial charge on any atom is -0.290 e. The molecule has 0 saturated heterocycles. The molecule has 4 aromatic rings. The zero-order valence-corrected chi connectivity index (χ0v) is 21.8. The number of amides is 2. The summed E-state index contributed by atoms with van der Waals surface area (Å²) >= 11 is 12.6. The molecular formula is C29H22Cl2N4O4. The maximum atomic E-state index is 13.0. The summed E-state index contributed by atoms with van der Waals surface area (Å²) in [6.45, 7) is 0. The Bertz CT molecular complexity index is 1470. The first-order valence-corrected chi connectivity index (χ1v) is 12.4. The number of carbonyl (C=O) groups is 4. The summed E-state index contributed by atoms with van der Waals surface area (Å²) in [5.41, 5.74) is 7.33. The standard InChI is InChI=1S/C29H22Cl2N4O4/c30-24-20(3-1-5-22(24)28(38)34-32)26(36)18-11-7-16(8-12-18)15-17-9-13-19(14-10-17)27(37)21-4-2-6-23(25(21)31)29(39)35-33/h1-14H,15,32-33H2,(H,34,38)(H,35,39). The van der Waals surface area contributed by atoms with E-state index in [-0.39, 0.29) is 43.9 Å². The molecule has 0 heterocycles. The number of carbonyl (C=O) groups excluding carboxylic acids is 4. The lowest BCUT2D eigenvalue weighted by Gasteiger charge is -2.10. The molecule has 196 valence electrons. The van der Waals surface area contributed by atoms with Gasteiger partial charge in [0.2, 0.25) is 0 Å². The van der Waals surface area contributed by atoms with Crippen LogP contribution < -0.4 is 22.5 Å². The number of nitrogens with two attached hydrogens (primary N) is 2. The van der Waals surface area contributed by atoms with Crippen LogP contribution in [-0.2, 0) is 6.42 Å². The van der Waals surface area contributed by atoms with Gasteiger partial charge in [-0.05, 0) is 41.8 Å². The van der Waals surface area contributed by atoms with Crippen molar-refractivity contribution in [2.24, 2.45) is 11.7 Å². The molecule has 2 amide bonds. The molecule has 0 aliphatic rings. The van der Waals surface area contributed by atoms with Gasteiger partial charge in [0, 0.05) is 22.3 Å². The summed E-state index contributed by atoms with van der Waals surface area (Å²) in [5.74, 6) is 8.54. The van der Waals surface area contributed by atoms with E-state index in [1.165, 1.54) is 12.1 Å². The van der Waals surface area contributed by atoms with E-state index in [1.807, 2.05) is 35.1 Å². The first-order chi connectivity index (χ1) is 18.7. The van der Waals surface area contributed by atoms with Crippen molar-refractivity contribution in [3.8, 4) is 0 Å². The Hall–Kier alpha value is -4.34. The molecule has 0 saturated carbocycles. The molecule has 4 aromatic carbocycles. The Morgan fingerprint density at radius 2 is 0.872 bits per heavy atom. The molecule has 6 N–H and O–H groups in total.